The summed E-state index contributed by atoms with van der Waals surface area (Å²) in [6.07, 6.45) is 2.07. The van der Waals surface area contributed by atoms with Crippen LogP contribution in [-0.4, -0.2) is 49.6 Å². The molecule has 142 valence electrons. The van der Waals surface area contributed by atoms with Crippen LogP contribution in [0.3, 0.4) is 0 Å². The summed E-state index contributed by atoms with van der Waals surface area (Å²) in [5.41, 5.74) is 3.51. The number of methoxy groups -OCH3 is 1. The van der Waals surface area contributed by atoms with Crippen LogP contribution in [0.2, 0.25) is 0 Å². The SMILES string of the molecule is COc1ccc([C@H](CN[C@@H](C)C(=O)N(C)C)c2c[nH]c3ccccc23)cc1. The van der Waals surface area contributed by atoms with E-state index in [0.717, 1.165) is 11.3 Å². The maximum atomic E-state index is 12.2. The molecule has 0 aliphatic rings. The minimum absolute atomic E-state index is 0.0717. The molecule has 0 radical (unpaired) electrons. The Morgan fingerprint density at radius 3 is 2.52 bits per heavy atom. The highest BCUT2D eigenvalue weighted by molar-refractivity contribution is 5.84. The number of H-pyrrole nitrogens is 1. The number of hydrogen-bond donors (Lipinski definition) is 2. The van der Waals surface area contributed by atoms with Gasteiger partial charge in [0.15, 0.2) is 0 Å². The summed E-state index contributed by atoms with van der Waals surface area (Å²) >= 11 is 0. The summed E-state index contributed by atoms with van der Waals surface area (Å²) in [6.45, 7) is 2.57. The van der Waals surface area contributed by atoms with Crippen LogP contribution in [0.5, 0.6) is 5.75 Å². The van der Waals surface area contributed by atoms with Crippen molar-refractivity contribution in [2.24, 2.45) is 0 Å². The molecule has 2 N–H and O–H groups in total. The van der Waals surface area contributed by atoms with Crippen molar-refractivity contribution in [2.75, 3.05) is 27.7 Å². The number of rotatable bonds is 7. The summed E-state index contributed by atoms with van der Waals surface area (Å²) in [4.78, 5) is 17.2. The Morgan fingerprint density at radius 2 is 1.85 bits per heavy atom. The molecule has 0 saturated carbocycles. The summed E-state index contributed by atoms with van der Waals surface area (Å²) in [5, 5.41) is 4.61. The van der Waals surface area contributed by atoms with Gasteiger partial charge < -0.3 is 19.9 Å². The summed E-state index contributed by atoms with van der Waals surface area (Å²) in [5.74, 6) is 1.02. The Labute approximate surface area is 160 Å². The number of amides is 1. The van der Waals surface area contributed by atoms with E-state index in [1.165, 1.54) is 16.5 Å². The summed E-state index contributed by atoms with van der Waals surface area (Å²) < 4.78 is 5.29. The van der Waals surface area contributed by atoms with Gasteiger partial charge in [-0.15, -0.1) is 0 Å². The molecule has 5 nitrogen and oxygen atoms in total. The zero-order valence-corrected chi connectivity index (χ0v) is 16.3. The topological polar surface area (TPSA) is 57.4 Å². The van der Waals surface area contributed by atoms with Crippen molar-refractivity contribution in [3.05, 3.63) is 65.9 Å². The van der Waals surface area contributed by atoms with Crippen LogP contribution in [0, 0.1) is 0 Å². The number of likely N-dealkylation sites (N-methyl/N-ethyl adjacent to an activating group) is 1. The molecule has 0 bridgehead atoms. The Kier molecular flexibility index (Phi) is 5.81. The van der Waals surface area contributed by atoms with Crippen LogP contribution in [0.4, 0.5) is 0 Å². The number of para-hydroxylation sites is 1. The molecule has 3 rings (SSSR count). The van der Waals surface area contributed by atoms with Gasteiger partial charge in [0.25, 0.3) is 0 Å². The largest absolute Gasteiger partial charge is 0.497 e. The van der Waals surface area contributed by atoms with E-state index in [1.54, 1.807) is 26.1 Å². The zero-order chi connectivity index (χ0) is 19.4. The van der Waals surface area contributed by atoms with E-state index in [0.29, 0.717) is 6.54 Å². The van der Waals surface area contributed by atoms with Crippen LogP contribution in [0.25, 0.3) is 10.9 Å². The molecule has 3 aromatic rings. The van der Waals surface area contributed by atoms with Gasteiger partial charge in [0, 0.05) is 43.7 Å². The van der Waals surface area contributed by atoms with Crippen LogP contribution in [0.1, 0.15) is 24.0 Å². The standard InChI is InChI=1S/C22H27N3O2/c1-15(22(26)25(2)3)23-13-19(16-9-11-17(27-4)12-10-16)20-14-24-21-8-6-5-7-18(20)21/h5-12,14-15,19,23-24H,13H2,1-4H3/t15-,19-/m0/s1. The maximum absolute atomic E-state index is 12.2. The van der Waals surface area contributed by atoms with Gasteiger partial charge in [0.2, 0.25) is 5.91 Å². The number of aromatic nitrogens is 1. The number of benzene rings is 2. The number of carbonyl (C=O) groups excluding carboxylic acids is 1. The molecule has 0 aliphatic carbocycles. The van der Waals surface area contributed by atoms with Gasteiger partial charge in [0.05, 0.1) is 13.2 Å². The van der Waals surface area contributed by atoms with E-state index in [-0.39, 0.29) is 17.9 Å². The van der Waals surface area contributed by atoms with Gasteiger partial charge in [-0.05, 0) is 36.2 Å². The number of nitrogens with one attached hydrogen (secondary N) is 2. The van der Waals surface area contributed by atoms with Crippen molar-refractivity contribution in [1.82, 2.24) is 15.2 Å². The fourth-order valence-corrected chi connectivity index (χ4v) is 3.40. The number of hydrogen-bond acceptors (Lipinski definition) is 3. The molecule has 0 saturated heterocycles. The number of ether oxygens (including phenoxy) is 1. The first-order valence-electron chi connectivity index (χ1n) is 9.15. The fraction of sp³-hybridized carbons (Fsp3) is 0.318. The van der Waals surface area contributed by atoms with E-state index in [2.05, 4.69) is 46.8 Å². The van der Waals surface area contributed by atoms with Crippen LogP contribution < -0.4 is 10.1 Å². The highest BCUT2D eigenvalue weighted by Gasteiger charge is 2.21. The number of fused-ring (bicyclic) bond motifs is 1. The lowest BCUT2D eigenvalue weighted by molar-refractivity contribution is -0.130. The average Bonchev–Trinajstić information content (AvgIpc) is 3.12. The Hall–Kier alpha value is -2.79. The first-order valence-corrected chi connectivity index (χ1v) is 9.15. The highest BCUT2D eigenvalue weighted by Crippen LogP contribution is 2.31. The Bertz CT molecular complexity index is 899. The van der Waals surface area contributed by atoms with Crippen molar-refractivity contribution in [3.63, 3.8) is 0 Å². The fourth-order valence-electron chi connectivity index (χ4n) is 3.40. The second kappa shape index (κ2) is 8.27. The van der Waals surface area contributed by atoms with E-state index < -0.39 is 0 Å². The van der Waals surface area contributed by atoms with Crippen molar-refractivity contribution < 1.29 is 9.53 Å². The maximum Gasteiger partial charge on any atom is 0.238 e. The predicted molar refractivity (Wildman–Crippen MR) is 109 cm³/mol. The van der Waals surface area contributed by atoms with Gasteiger partial charge in [-0.1, -0.05) is 30.3 Å². The van der Waals surface area contributed by atoms with Gasteiger partial charge in [-0.3, -0.25) is 4.79 Å². The van der Waals surface area contributed by atoms with Gasteiger partial charge in [0.1, 0.15) is 5.75 Å². The molecule has 0 spiro atoms. The predicted octanol–water partition coefficient (Wildman–Crippen LogP) is 3.37. The molecular formula is C22H27N3O2. The molecule has 27 heavy (non-hydrogen) atoms. The number of nitrogens with zero attached hydrogens (tertiary/aromatic N) is 1. The first-order chi connectivity index (χ1) is 13.0. The van der Waals surface area contributed by atoms with E-state index in [9.17, 15) is 4.79 Å². The lowest BCUT2D eigenvalue weighted by Crippen LogP contribution is -2.43. The number of aromatic amines is 1. The average molecular weight is 365 g/mol. The quantitative estimate of drug-likeness (QED) is 0.675. The first kappa shape index (κ1) is 19.0. The Balaban J connectivity index is 1.92. The Morgan fingerprint density at radius 1 is 1.15 bits per heavy atom. The summed E-state index contributed by atoms with van der Waals surface area (Å²) in [6, 6.07) is 16.2. The second-order valence-electron chi connectivity index (χ2n) is 6.98. The van der Waals surface area contributed by atoms with Gasteiger partial charge in [-0.2, -0.15) is 0 Å². The smallest absolute Gasteiger partial charge is 0.238 e. The molecule has 2 aromatic carbocycles. The van der Waals surface area contributed by atoms with Gasteiger partial charge in [-0.25, -0.2) is 0 Å². The van der Waals surface area contributed by atoms with E-state index >= 15 is 0 Å². The second-order valence-corrected chi connectivity index (χ2v) is 6.98. The third-order valence-corrected chi connectivity index (χ3v) is 4.95. The van der Waals surface area contributed by atoms with E-state index in [4.69, 9.17) is 4.74 Å². The molecular weight excluding hydrogens is 338 g/mol. The normalized spacial score (nSPS) is 13.3. The lowest BCUT2D eigenvalue weighted by atomic mass is 9.90. The third-order valence-electron chi connectivity index (χ3n) is 4.95. The molecule has 2 atom stereocenters. The monoisotopic (exact) mass is 365 g/mol. The number of carbonyl (C=O) groups is 1. The van der Waals surface area contributed by atoms with Crippen molar-refractivity contribution in [2.45, 2.75) is 18.9 Å². The molecule has 5 heteroatoms. The van der Waals surface area contributed by atoms with Crippen LogP contribution in [-0.2, 0) is 4.79 Å². The highest BCUT2D eigenvalue weighted by atomic mass is 16.5. The molecule has 1 heterocycles. The van der Waals surface area contributed by atoms with Gasteiger partial charge >= 0.3 is 0 Å². The molecule has 0 unspecified atom stereocenters. The lowest BCUT2D eigenvalue weighted by Gasteiger charge is -2.23. The minimum atomic E-state index is -0.244. The zero-order valence-electron chi connectivity index (χ0n) is 16.3. The van der Waals surface area contributed by atoms with E-state index in [1.807, 2.05) is 25.1 Å². The third kappa shape index (κ3) is 4.14. The van der Waals surface area contributed by atoms with Crippen molar-refractivity contribution >= 4 is 16.8 Å². The molecule has 0 aliphatic heterocycles. The van der Waals surface area contributed by atoms with Crippen molar-refractivity contribution in [1.29, 1.82) is 0 Å². The van der Waals surface area contributed by atoms with Crippen molar-refractivity contribution in [3.8, 4) is 5.75 Å². The molecule has 1 amide bonds. The molecule has 0 fully saturated rings. The minimum Gasteiger partial charge on any atom is -0.497 e. The van der Waals surface area contributed by atoms with Crippen LogP contribution in [0.15, 0.2) is 54.7 Å². The summed E-state index contributed by atoms with van der Waals surface area (Å²) in [7, 11) is 5.23. The molecule has 1 aromatic heterocycles. The van der Waals surface area contributed by atoms with Crippen LogP contribution >= 0.6 is 0 Å².